The van der Waals surface area contributed by atoms with Gasteiger partial charge in [0, 0.05) is 22.3 Å². The predicted octanol–water partition coefficient (Wildman–Crippen LogP) is 6.02. The number of rotatable bonds is 10. The zero-order valence-electron chi connectivity index (χ0n) is 19.7. The van der Waals surface area contributed by atoms with Crippen molar-refractivity contribution in [2.75, 3.05) is 17.2 Å². The Kier molecular flexibility index (Phi) is 9.69. The molecule has 3 aromatic carbocycles. The minimum atomic E-state index is -0.394. The minimum Gasteiger partial charge on any atom is -0.462 e. The normalized spacial score (nSPS) is 11.6. The smallest absolute Gasteiger partial charge is 0.338 e. The molecule has 3 aromatic rings. The Labute approximate surface area is 209 Å². The molecule has 0 aliphatic rings. The second-order valence-corrected chi connectivity index (χ2v) is 8.84. The van der Waals surface area contributed by atoms with E-state index in [9.17, 15) is 14.4 Å². The fraction of sp³-hybridized carbons (Fsp3) is 0.179. The quantitative estimate of drug-likeness (QED) is 0.207. The molecule has 0 fully saturated rings. The second kappa shape index (κ2) is 13.2. The van der Waals surface area contributed by atoms with Gasteiger partial charge >= 0.3 is 5.97 Å². The van der Waals surface area contributed by atoms with Gasteiger partial charge in [0.1, 0.15) is 0 Å². The molecule has 0 aromatic heterocycles. The number of hydrogen-bond donors (Lipinski definition) is 2. The fourth-order valence-electron chi connectivity index (χ4n) is 3.18. The van der Waals surface area contributed by atoms with Crippen LogP contribution >= 0.6 is 11.8 Å². The molecule has 1 unspecified atom stereocenters. The largest absolute Gasteiger partial charge is 0.462 e. The maximum Gasteiger partial charge on any atom is 0.338 e. The summed E-state index contributed by atoms with van der Waals surface area (Å²) in [6.45, 7) is 4.00. The van der Waals surface area contributed by atoms with Gasteiger partial charge in [-0.05, 0) is 67.4 Å². The molecule has 3 rings (SSSR count). The van der Waals surface area contributed by atoms with Crippen LogP contribution in [0.1, 0.15) is 36.2 Å². The summed E-state index contributed by atoms with van der Waals surface area (Å²) in [7, 11) is 0. The topological polar surface area (TPSA) is 84.5 Å². The number of hydrogen-bond acceptors (Lipinski definition) is 5. The number of amides is 2. The third kappa shape index (κ3) is 8.15. The first kappa shape index (κ1) is 25.8. The highest BCUT2D eigenvalue weighted by Crippen LogP contribution is 2.28. The average molecular weight is 489 g/mol. The zero-order valence-corrected chi connectivity index (χ0v) is 20.5. The molecule has 0 aliphatic heterocycles. The Morgan fingerprint density at radius 1 is 0.886 bits per heavy atom. The molecule has 2 N–H and O–H groups in total. The maximum absolute atomic E-state index is 12.8. The molecular formula is C28H28N2O4S. The van der Waals surface area contributed by atoms with E-state index in [0.29, 0.717) is 30.0 Å². The van der Waals surface area contributed by atoms with E-state index in [4.69, 9.17) is 4.74 Å². The summed E-state index contributed by atoms with van der Waals surface area (Å²) in [6, 6.07) is 23.6. The Bertz CT molecular complexity index is 1180. The van der Waals surface area contributed by atoms with Crippen LogP contribution in [0.15, 0.2) is 89.8 Å². The van der Waals surface area contributed by atoms with Crippen molar-refractivity contribution in [2.24, 2.45) is 0 Å². The van der Waals surface area contributed by atoms with Gasteiger partial charge in [0.25, 0.3) is 0 Å². The van der Waals surface area contributed by atoms with Gasteiger partial charge in [-0.2, -0.15) is 0 Å². The van der Waals surface area contributed by atoms with Crippen molar-refractivity contribution in [2.45, 2.75) is 30.4 Å². The van der Waals surface area contributed by atoms with Crippen molar-refractivity contribution in [1.82, 2.24) is 0 Å². The maximum atomic E-state index is 12.8. The Morgan fingerprint density at radius 2 is 1.63 bits per heavy atom. The monoisotopic (exact) mass is 488 g/mol. The highest BCUT2D eigenvalue weighted by atomic mass is 32.2. The number of esters is 1. The first-order valence-corrected chi connectivity index (χ1v) is 12.2. The van der Waals surface area contributed by atoms with Crippen molar-refractivity contribution in [3.63, 3.8) is 0 Å². The van der Waals surface area contributed by atoms with Crippen molar-refractivity contribution >= 4 is 47.0 Å². The second-order valence-electron chi connectivity index (χ2n) is 7.56. The van der Waals surface area contributed by atoms with Gasteiger partial charge in [0.05, 0.1) is 17.4 Å². The summed E-state index contributed by atoms with van der Waals surface area (Å²) < 4.78 is 4.98. The lowest BCUT2D eigenvalue weighted by Crippen LogP contribution is -2.24. The van der Waals surface area contributed by atoms with E-state index < -0.39 is 5.97 Å². The predicted molar refractivity (Wildman–Crippen MR) is 142 cm³/mol. The summed E-state index contributed by atoms with van der Waals surface area (Å²) in [5.74, 6) is -0.761. The summed E-state index contributed by atoms with van der Waals surface area (Å²) in [6.07, 6.45) is 3.86. The number of thioether (sulfide) groups is 1. The molecule has 180 valence electrons. The summed E-state index contributed by atoms with van der Waals surface area (Å²) in [4.78, 5) is 37.8. The molecule has 0 heterocycles. The highest BCUT2D eigenvalue weighted by molar-refractivity contribution is 8.00. The van der Waals surface area contributed by atoms with Gasteiger partial charge in [0.15, 0.2) is 0 Å². The standard InChI is InChI=1S/C28H28N2O4S/c1-3-25(27(32)30-22-16-14-21(15-17-22)28(33)34-4-2)35-24-12-8-11-23(19-24)29-26(31)18-13-20-9-6-5-7-10-20/h5-19,25H,3-4H2,1-2H3,(H,29,31)(H,30,32)/b18-13+. The fourth-order valence-corrected chi connectivity index (χ4v) is 4.19. The molecule has 1 atom stereocenters. The summed E-state index contributed by atoms with van der Waals surface area (Å²) >= 11 is 1.43. The van der Waals surface area contributed by atoms with E-state index in [2.05, 4.69) is 10.6 Å². The van der Waals surface area contributed by atoms with E-state index in [1.165, 1.54) is 17.8 Å². The van der Waals surface area contributed by atoms with Crippen LogP contribution in [0.25, 0.3) is 6.08 Å². The molecule has 2 amide bonds. The van der Waals surface area contributed by atoms with E-state index in [-0.39, 0.29) is 17.1 Å². The number of nitrogens with one attached hydrogen (secondary N) is 2. The number of ether oxygens (including phenoxy) is 1. The van der Waals surface area contributed by atoms with Crippen molar-refractivity contribution < 1.29 is 19.1 Å². The van der Waals surface area contributed by atoms with E-state index in [1.54, 1.807) is 37.3 Å². The molecule has 0 saturated carbocycles. The minimum absolute atomic E-state index is 0.137. The number of benzene rings is 3. The van der Waals surface area contributed by atoms with Gasteiger partial charge in [-0.15, -0.1) is 11.8 Å². The van der Waals surface area contributed by atoms with Crippen LogP contribution in [-0.2, 0) is 14.3 Å². The van der Waals surface area contributed by atoms with E-state index >= 15 is 0 Å². The van der Waals surface area contributed by atoms with Crippen LogP contribution in [0, 0.1) is 0 Å². The number of carbonyl (C=O) groups is 3. The highest BCUT2D eigenvalue weighted by Gasteiger charge is 2.18. The van der Waals surface area contributed by atoms with E-state index in [1.807, 2.05) is 61.5 Å². The van der Waals surface area contributed by atoms with Crippen molar-refractivity contribution in [1.29, 1.82) is 0 Å². The SMILES string of the molecule is CCOC(=O)c1ccc(NC(=O)C(CC)Sc2cccc(NC(=O)/C=C/c3ccccc3)c2)cc1. The lowest BCUT2D eigenvalue weighted by Gasteiger charge is -2.15. The first-order valence-electron chi connectivity index (χ1n) is 11.4. The van der Waals surface area contributed by atoms with E-state index in [0.717, 1.165) is 10.5 Å². The van der Waals surface area contributed by atoms with Gasteiger partial charge in [-0.3, -0.25) is 9.59 Å². The van der Waals surface area contributed by atoms with Crippen LogP contribution in [0.2, 0.25) is 0 Å². The van der Waals surface area contributed by atoms with Crippen molar-refractivity contribution in [3.05, 3.63) is 96.1 Å². The molecule has 0 aliphatic carbocycles. The van der Waals surface area contributed by atoms with Gasteiger partial charge in [0.2, 0.25) is 11.8 Å². The van der Waals surface area contributed by atoms with Crippen LogP contribution in [0.3, 0.4) is 0 Å². The van der Waals surface area contributed by atoms with Crippen LogP contribution in [0.4, 0.5) is 11.4 Å². The Balaban J connectivity index is 1.58. The molecule has 6 nitrogen and oxygen atoms in total. The molecule has 0 saturated heterocycles. The number of carbonyl (C=O) groups excluding carboxylic acids is 3. The van der Waals surface area contributed by atoms with Gasteiger partial charge in [-0.1, -0.05) is 43.3 Å². The summed E-state index contributed by atoms with van der Waals surface area (Å²) in [5, 5.41) is 5.43. The third-order valence-electron chi connectivity index (χ3n) is 4.93. The average Bonchev–Trinajstić information content (AvgIpc) is 2.87. The molecule has 0 bridgehead atoms. The first-order chi connectivity index (χ1) is 17.0. The Morgan fingerprint density at radius 3 is 2.31 bits per heavy atom. The van der Waals surface area contributed by atoms with Crippen LogP contribution < -0.4 is 10.6 Å². The van der Waals surface area contributed by atoms with Gasteiger partial charge < -0.3 is 15.4 Å². The molecule has 7 heteroatoms. The van der Waals surface area contributed by atoms with Crippen molar-refractivity contribution in [3.8, 4) is 0 Å². The van der Waals surface area contributed by atoms with Crippen LogP contribution in [0.5, 0.6) is 0 Å². The molecule has 0 spiro atoms. The lowest BCUT2D eigenvalue weighted by atomic mass is 10.2. The number of anilines is 2. The zero-order chi connectivity index (χ0) is 25.0. The lowest BCUT2D eigenvalue weighted by molar-refractivity contribution is -0.115. The Hall–Kier alpha value is -3.84. The third-order valence-corrected chi connectivity index (χ3v) is 6.29. The molecule has 35 heavy (non-hydrogen) atoms. The molecular weight excluding hydrogens is 460 g/mol. The molecule has 0 radical (unpaired) electrons. The van der Waals surface area contributed by atoms with Gasteiger partial charge in [-0.25, -0.2) is 4.79 Å². The van der Waals surface area contributed by atoms with Crippen LogP contribution in [-0.4, -0.2) is 29.6 Å². The summed E-state index contributed by atoms with van der Waals surface area (Å²) in [5.41, 5.74) is 2.64.